The third-order valence-electron chi connectivity index (χ3n) is 3.94. The molecule has 0 spiro atoms. The second-order valence-corrected chi connectivity index (χ2v) is 9.38. The number of likely N-dealkylation sites (N-methyl/N-ethyl adjacent to an activating group) is 1. The predicted octanol–water partition coefficient (Wildman–Crippen LogP) is 3.05. The summed E-state index contributed by atoms with van der Waals surface area (Å²) in [6, 6.07) is 0. The second-order valence-electron chi connectivity index (χ2n) is 7.92. The van der Waals surface area contributed by atoms with Gasteiger partial charge in [-0.05, 0) is 6.42 Å². The summed E-state index contributed by atoms with van der Waals surface area (Å²) >= 11 is 0. The van der Waals surface area contributed by atoms with Crippen molar-refractivity contribution in [3.63, 3.8) is 0 Å². The fourth-order valence-corrected chi connectivity index (χ4v) is 2.91. The fourth-order valence-electron chi connectivity index (χ4n) is 2.17. The molecule has 0 bridgehead atoms. The lowest BCUT2D eigenvalue weighted by atomic mass is 10.1. The SMILES string of the molecule is CCCCCCCC(=O)O[C@@H](COC(=O)CC)COP(=O)(O)OCC[N+](C)(C)C. The largest absolute Gasteiger partial charge is 0.472 e. The van der Waals surface area contributed by atoms with Gasteiger partial charge in [0.25, 0.3) is 0 Å². The third-order valence-corrected chi connectivity index (χ3v) is 4.93. The molecule has 0 radical (unpaired) electrons. The zero-order valence-corrected chi connectivity index (χ0v) is 19.4. The first-order valence-corrected chi connectivity index (χ1v) is 11.8. The van der Waals surface area contributed by atoms with Gasteiger partial charge in [0, 0.05) is 12.8 Å². The van der Waals surface area contributed by atoms with Crippen molar-refractivity contribution < 1.29 is 42.1 Å². The van der Waals surface area contributed by atoms with Gasteiger partial charge in [-0.15, -0.1) is 0 Å². The average Bonchev–Trinajstić information content (AvgIpc) is 2.62. The number of quaternary nitrogens is 1. The van der Waals surface area contributed by atoms with Crippen LogP contribution in [0.25, 0.3) is 0 Å². The van der Waals surface area contributed by atoms with Crippen molar-refractivity contribution in [2.75, 3.05) is 47.5 Å². The summed E-state index contributed by atoms with van der Waals surface area (Å²) in [5, 5.41) is 0. The Kier molecular flexibility index (Phi) is 14.4. The van der Waals surface area contributed by atoms with Crippen LogP contribution in [0.4, 0.5) is 0 Å². The zero-order chi connectivity index (χ0) is 22.3. The lowest BCUT2D eigenvalue weighted by molar-refractivity contribution is -0.870. The zero-order valence-electron chi connectivity index (χ0n) is 18.6. The smallest absolute Gasteiger partial charge is 0.462 e. The molecule has 0 aromatic heterocycles. The Morgan fingerprint density at radius 2 is 1.62 bits per heavy atom. The van der Waals surface area contributed by atoms with E-state index in [4.69, 9.17) is 18.5 Å². The van der Waals surface area contributed by atoms with Crippen LogP contribution in [-0.2, 0) is 32.7 Å². The van der Waals surface area contributed by atoms with E-state index < -0.39 is 32.5 Å². The molecular formula is C19H39NO8P+. The van der Waals surface area contributed by atoms with Crippen LogP contribution in [-0.4, -0.2) is 74.9 Å². The molecule has 172 valence electrons. The Balaban J connectivity index is 4.52. The number of carbonyl (C=O) groups excluding carboxylic acids is 2. The first-order valence-electron chi connectivity index (χ1n) is 10.3. The van der Waals surface area contributed by atoms with Crippen LogP contribution < -0.4 is 0 Å². The van der Waals surface area contributed by atoms with Crippen molar-refractivity contribution in [1.82, 2.24) is 0 Å². The third kappa shape index (κ3) is 17.6. The molecule has 0 aliphatic rings. The Morgan fingerprint density at radius 1 is 0.966 bits per heavy atom. The summed E-state index contributed by atoms with van der Waals surface area (Å²) in [7, 11) is 1.46. The van der Waals surface area contributed by atoms with E-state index in [1.807, 2.05) is 21.1 Å². The fraction of sp³-hybridized carbons (Fsp3) is 0.895. The maximum Gasteiger partial charge on any atom is 0.472 e. The average molecular weight is 440 g/mol. The van der Waals surface area contributed by atoms with Crippen LogP contribution in [0.15, 0.2) is 0 Å². The van der Waals surface area contributed by atoms with E-state index in [0.29, 0.717) is 17.4 Å². The summed E-state index contributed by atoms with van der Waals surface area (Å²) < 4.78 is 32.7. The van der Waals surface area contributed by atoms with Crippen LogP contribution in [0, 0.1) is 0 Å². The van der Waals surface area contributed by atoms with Crippen molar-refractivity contribution in [2.24, 2.45) is 0 Å². The van der Waals surface area contributed by atoms with Crippen molar-refractivity contribution in [3.8, 4) is 0 Å². The van der Waals surface area contributed by atoms with Gasteiger partial charge in [-0.3, -0.25) is 18.6 Å². The molecule has 29 heavy (non-hydrogen) atoms. The molecule has 0 aromatic carbocycles. The van der Waals surface area contributed by atoms with Crippen LogP contribution in [0.5, 0.6) is 0 Å². The Morgan fingerprint density at radius 3 is 2.21 bits per heavy atom. The lowest BCUT2D eigenvalue weighted by Crippen LogP contribution is -2.37. The highest BCUT2D eigenvalue weighted by Crippen LogP contribution is 2.43. The van der Waals surface area contributed by atoms with E-state index in [1.54, 1.807) is 6.92 Å². The monoisotopic (exact) mass is 440 g/mol. The number of hydrogen-bond acceptors (Lipinski definition) is 7. The molecule has 0 amide bonds. The van der Waals surface area contributed by atoms with Crippen LogP contribution in [0.3, 0.4) is 0 Å². The van der Waals surface area contributed by atoms with E-state index in [0.717, 1.165) is 25.7 Å². The minimum absolute atomic E-state index is 0.0321. The number of esters is 2. The normalized spacial score (nSPS) is 14.8. The van der Waals surface area contributed by atoms with Crippen molar-refractivity contribution >= 4 is 19.8 Å². The molecule has 0 aliphatic heterocycles. The summed E-state index contributed by atoms with van der Waals surface area (Å²) in [5.41, 5.74) is 0. The molecule has 0 saturated carbocycles. The lowest BCUT2D eigenvalue weighted by Gasteiger charge is -2.24. The highest BCUT2D eigenvalue weighted by atomic mass is 31.2. The van der Waals surface area contributed by atoms with Crippen LogP contribution in [0.2, 0.25) is 0 Å². The van der Waals surface area contributed by atoms with Gasteiger partial charge >= 0.3 is 19.8 Å². The maximum atomic E-state index is 12.0. The van der Waals surface area contributed by atoms with Crippen LogP contribution in [0.1, 0.15) is 58.8 Å². The number of rotatable bonds is 17. The van der Waals surface area contributed by atoms with E-state index in [1.165, 1.54) is 0 Å². The molecule has 0 heterocycles. The first kappa shape index (κ1) is 28.0. The topological polar surface area (TPSA) is 108 Å². The molecule has 2 atom stereocenters. The number of ether oxygens (including phenoxy) is 2. The van der Waals surface area contributed by atoms with Crippen LogP contribution >= 0.6 is 7.82 Å². The number of phosphoric ester groups is 1. The summed E-state index contributed by atoms with van der Waals surface area (Å²) in [4.78, 5) is 33.2. The predicted molar refractivity (Wildman–Crippen MR) is 109 cm³/mol. The number of hydrogen-bond donors (Lipinski definition) is 1. The molecule has 0 rings (SSSR count). The molecule has 10 heteroatoms. The van der Waals surface area contributed by atoms with Gasteiger partial charge in [0.2, 0.25) is 0 Å². The van der Waals surface area contributed by atoms with Gasteiger partial charge in [-0.2, -0.15) is 0 Å². The number of nitrogens with zero attached hydrogens (tertiary/aromatic N) is 1. The van der Waals surface area contributed by atoms with Gasteiger partial charge in [0.15, 0.2) is 6.10 Å². The molecule has 1 N–H and O–H groups in total. The van der Waals surface area contributed by atoms with Crippen molar-refractivity contribution in [2.45, 2.75) is 64.9 Å². The van der Waals surface area contributed by atoms with Gasteiger partial charge in [0.1, 0.15) is 19.8 Å². The second kappa shape index (κ2) is 14.9. The highest BCUT2D eigenvalue weighted by molar-refractivity contribution is 7.47. The number of carbonyl (C=O) groups is 2. The first-order chi connectivity index (χ1) is 13.5. The minimum Gasteiger partial charge on any atom is -0.462 e. The van der Waals surface area contributed by atoms with E-state index in [9.17, 15) is 19.0 Å². The van der Waals surface area contributed by atoms with E-state index in [2.05, 4.69) is 6.92 Å². The summed E-state index contributed by atoms with van der Waals surface area (Å²) in [6.07, 6.45) is 4.36. The summed E-state index contributed by atoms with van der Waals surface area (Å²) in [5.74, 6) is -0.918. The van der Waals surface area contributed by atoms with Gasteiger partial charge < -0.3 is 18.9 Å². The minimum atomic E-state index is -4.31. The molecule has 0 fully saturated rings. The van der Waals surface area contributed by atoms with E-state index >= 15 is 0 Å². The summed E-state index contributed by atoms with van der Waals surface area (Å²) in [6.45, 7) is 3.65. The highest BCUT2D eigenvalue weighted by Gasteiger charge is 2.26. The number of unbranched alkanes of at least 4 members (excludes halogenated alkanes) is 4. The Labute approximate surface area is 174 Å². The Hall–Kier alpha value is -0.990. The quantitative estimate of drug-likeness (QED) is 0.159. The molecule has 9 nitrogen and oxygen atoms in total. The molecule has 1 unspecified atom stereocenters. The standard InChI is InChI=1S/C19H38NO8P/c1-6-8-9-10-11-12-19(22)28-17(15-25-18(21)7-2)16-27-29(23,24)26-14-13-20(3,4)5/h17H,6-16H2,1-5H3/p+1/t17-/m0/s1. The molecule has 0 aromatic rings. The molecular weight excluding hydrogens is 401 g/mol. The van der Waals surface area contributed by atoms with Gasteiger partial charge in [0.05, 0.1) is 27.7 Å². The van der Waals surface area contributed by atoms with Crippen molar-refractivity contribution in [1.29, 1.82) is 0 Å². The molecule has 0 saturated heterocycles. The van der Waals surface area contributed by atoms with Crippen molar-refractivity contribution in [3.05, 3.63) is 0 Å². The van der Waals surface area contributed by atoms with Gasteiger partial charge in [-0.25, -0.2) is 4.57 Å². The maximum absolute atomic E-state index is 12.0. The van der Waals surface area contributed by atoms with Gasteiger partial charge in [-0.1, -0.05) is 39.5 Å². The van der Waals surface area contributed by atoms with E-state index in [-0.39, 0.29) is 26.1 Å². The Bertz CT molecular complexity index is 521. The number of phosphoric acid groups is 1. The molecule has 0 aliphatic carbocycles.